The fourth-order valence-electron chi connectivity index (χ4n) is 4.71. The van der Waals surface area contributed by atoms with Gasteiger partial charge in [-0.1, -0.05) is 0 Å². The smallest absolute Gasteiger partial charge is 0.414 e. The number of methoxy groups -OCH3 is 1. The molecule has 3 aromatic rings. The molecule has 0 aliphatic carbocycles. The molecule has 186 valence electrons. The summed E-state index contributed by atoms with van der Waals surface area (Å²) in [5, 5.41) is 6.17. The van der Waals surface area contributed by atoms with Crippen LogP contribution in [-0.4, -0.2) is 67.5 Å². The zero-order chi connectivity index (χ0) is 24.6. The van der Waals surface area contributed by atoms with Crippen LogP contribution in [0.4, 0.5) is 16.2 Å². The molecule has 5 heterocycles. The first-order valence-corrected chi connectivity index (χ1v) is 11.8. The van der Waals surface area contributed by atoms with E-state index in [2.05, 4.69) is 20.6 Å². The highest BCUT2D eigenvalue weighted by atomic mass is 16.6. The molecule has 11 nitrogen and oxygen atoms in total. The van der Waals surface area contributed by atoms with E-state index in [-0.39, 0.29) is 24.7 Å². The molecule has 1 fully saturated rings. The number of hydrogen-bond donors (Lipinski definition) is 2. The molecule has 0 spiro atoms. The van der Waals surface area contributed by atoms with Crippen LogP contribution in [0.15, 0.2) is 36.5 Å². The van der Waals surface area contributed by atoms with Gasteiger partial charge in [0.05, 0.1) is 36.6 Å². The summed E-state index contributed by atoms with van der Waals surface area (Å²) in [4.78, 5) is 34.6. The molecule has 2 atom stereocenters. The number of fused-ring (bicyclic) bond motifs is 4. The van der Waals surface area contributed by atoms with E-state index in [1.54, 1.807) is 42.5 Å². The van der Waals surface area contributed by atoms with E-state index in [4.69, 9.17) is 18.9 Å². The van der Waals surface area contributed by atoms with Gasteiger partial charge in [0, 0.05) is 30.3 Å². The molecule has 3 aliphatic rings. The summed E-state index contributed by atoms with van der Waals surface area (Å²) >= 11 is 0. The van der Waals surface area contributed by atoms with Crippen molar-refractivity contribution in [1.29, 1.82) is 0 Å². The summed E-state index contributed by atoms with van der Waals surface area (Å²) in [5.41, 5.74) is 3.87. The lowest BCUT2D eigenvalue weighted by Gasteiger charge is -2.20. The Bertz CT molecular complexity index is 1350. The fraction of sp³-hybridized carbons (Fsp3) is 0.360. The Hall–Kier alpha value is -4.12. The molecule has 1 aromatic carbocycles. The first-order valence-electron chi connectivity index (χ1n) is 11.8. The second-order valence-electron chi connectivity index (χ2n) is 8.89. The number of benzene rings is 1. The monoisotopic (exact) mass is 491 g/mol. The van der Waals surface area contributed by atoms with Gasteiger partial charge >= 0.3 is 6.09 Å². The number of ether oxygens (including phenoxy) is 4. The largest absolute Gasteiger partial charge is 0.487 e. The Morgan fingerprint density at radius 3 is 2.97 bits per heavy atom. The van der Waals surface area contributed by atoms with Gasteiger partial charge in [0.1, 0.15) is 23.7 Å². The molecule has 2 N–H and O–H groups in total. The van der Waals surface area contributed by atoms with E-state index in [0.29, 0.717) is 49.1 Å². The second-order valence-corrected chi connectivity index (χ2v) is 8.89. The minimum atomic E-state index is -0.403. The quantitative estimate of drug-likeness (QED) is 0.479. The third-order valence-electron chi connectivity index (χ3n) is 6.48. The van der Waals surface area contributed by atoms with E-state index < -0.39 is 6.09 Å². The van der Waals surface area contributed by atoms with Gasteiger partial charge in [-0.25, -0.2) is 9.78 Å². The molecule has 3 aliphatic heterocycles. The summed E-state index contributed by atoms with van der Waals surface area (Å²) in [6, 6.07) is 8.96. The Morgan fingerprint density at radius 1 is 1.17 bits per heavy atom. The minimum absolute atomic E-state index is 0.00964. The van der Waals surface area contributed by atoms with Crippen molar-refractivity contribution in [3.63, 3.8) is 0 Å². The topological polar surface area (TPSA) is 124 Å². The van der Waals surface area contributed by atoms with Crippen molar-refractivity contribution in [2.24, 2.45) is 0 Å². The zero-order valence-corrected chi connectivity index (χ0v) is 19.7. The van der Waals surface area contributed by atoms with Crippen molar-refractivity contribution in [1.82, 2.24) is 15.3 Å². The number of cyclic esters (lactones) is 1. The van der Waals surface area contributed by atoms with Crippen molar-refractivity contribution in [3.8, 4) is 17.4 Å². The summed E-state index contributed by atoms with van der Waals surface area (Å²) < 4.78 is 22.3. The maximum Gasteiger partial charge on any atom is 0.414 e. The van der Waals surface area contributed by atoms with Gasteiger partial charge in [0.25, 0.3) is 5.91 Å². The van der Waals surface area contributed by atoms with Crippen LogP contribution in [0, 0.1) is 0 Å². The summed E-state index contributed by atoms with van der Waals surface area (Å²) in [7, 11) is 1.59. The number of amides is 2. The Kier molecular flexibility index (Phi) is 5.68. The maximum absolute atomic E-state index is 12.5. The highest BCUT2D eigenvalue weighted by Crippen LogP contribution is 2.35. The van der Waals surface area contributed by atoms with Crippen LogP contribution in [0.5, 0.6) is 17.4 Å². The van der Waals surface area contributed by atoms with Crippen LogP contribution in [0.25, 0.3) is 11.0 Å². The number of rotatable bonds is 7. The lowest BCUT2D eigenvalue weighted by atomic mass is 10.1. The minimum Gasteiger partial charge on any atom is -0.487 e. The predicted molar refractivity (Wildman–Crippen MR) is 130 cm³/mol. The number of pyridine rings is 2. The average Bonchev–Trinajstić information content (AvgIpc) is 3.48. The molecule has 0 radical (unpaired) electrons. The third kappa shape index (κ3) is 4.22. The predicted octanol–water partition coefficient (Wildman–Crippen LogP) is 2.28. The normalized spacial score (nSPS) is 20.3. The molecule has 0 bridgehead atoms. The van der Waals surface area contributed by atoms with Crippen LogP contribution in [0.3, 0.4) is 0 Å². The molecular weight excluding hydrogens is 466 g/mol. The third-order valence-corrected chi connectivity index (χ3v) is 6.48. The van der Waals surface area contributed by atoms with Gasteiger partial charge in [-0.2, -0.15) is 0 Å². The number of nitrogens with zero attached hydrogens (tertiary/aromatic N) is 3. The van der Waals surface area contributed by atoms with E-state index in [1.807, 2.05) is 6.07 Å². The number of hydrogen-bond acceptors (Lipinski definition) is 9. The van der Waals surface area contributed by atoms with Crippen molar-refractivity contribution in [2.75, 3.05) is 43.6 Å². The Balaban J connectivity index is 1.01. The summed E-state index contributed by atoms with van der Waals surface area (Å²) in [6.07, 6.45) is 2.47. The molecule has 6 rings (SSSR count). The van der Waals surface area contributed by atoms with Crippen LogP contribution in [0.2, 0.25) is 0 Å². The number of carbonyl (C=O) groups is 2. The van der Waals surface area contributed by atoms with Gasteiger partial charge in [-0.05, 0) is 37.2 Å². The standard InChI is InChI=1S/C25H25N5O6/c1-33-23-5-3-18-24(29-23)17-9-16(35-21(17)11-27-18)10-26-7-6-15-12-30(25(32)36-15)14-2-4-20-19(8-14)28-22(31)13-34-20/h2-5,8,11,15-16,26H,6-7,9-10,12-13H2,1H3,(H,28,31). The number of nitrogens with one attached hydrogen (secondary N) is 2. The van der Waals surface area contributed by atoms with Crippen molar-refractivity contribution < 1.29 is 28.5 Å². The highest BCUT2D eigenvalue weighted by Gasteiger charge is 2.33. The molecular formula is C25H25N5O6. The molecule has 11 heteroatoms. The molecule has 2 aromatic heterocycles. The van der Waals surface area contributed by atoms with E-state index in [0.717, 1.165) is 28.8 Å². The lowest BCUT2D eigenvalue weighted by molar-refractivity contribution is -0.118. The number of aromatic nitrogens is 2. The molecule has 36 heavy (non-hydrogen) atoms. The SMILES string of the molecule is COc1ccc2ncc3c(c2n1)CC(CNCCC1CN(c2ccc4c(c2)NC(=O)CO4)C(=O)O1)O3. The lowest BCUT2D eigenvalue weighted by Crippen LogP contribution is -2.32. The Labute approximate surface area is 206 Å². The van der Waals surface area contributed by atoms with Crippen LogP contribution in [0.1, 0.15) is 12.0 Å². The van der Waals surface area contributed by atoms with Gasteiger partial charge in [-0.3, -0.25) is 14.7 Å². The van der Waals surface area contributed by atoms with Crippen molar-refractivity contribution in [2.45, 2.75) is 25.0 Å². The van der Waals surface area contributed by atoms with E-state index in [9.17, 15) is 9.59 Å². The summed E-state index contributed by atoms with van der Waals surface area (Å²) in [6.45, 7) is 1.74. The number of anilines is 2. The number of carbonyl (C=O) groups excluding carboxylic acids is 2. The van der Waals surface area contributed by atoms with Gasteiger partial charge in [-0.15, -0.1) is 0 Å². The average molecular weight is 492 g/mol. The van der Waals surface area contributed by atoms with E-state index in [1.165, 1.54) is 0 Å². The zero-order valence-electron chi connectivity index (χ0n) is 19.7. The molecule has 1 saturated heterocycles. The van der Waals surface area contributed by atoms with Crippen molar-refractivity contribution in [3.05, 3.63) is 42.1 Å². The van der Waals surface area contributed by atoms with Gasteiger partial charge in [0.15, 0.2) is 6.61 Å². The second kappa shape index (κ2) is 9.15. The van der Waals surface area contributed by atoms with Crippen molar-refractivity contribution >= 4 is 34.4 Å². The van der Waals surface area contributed by atoms with Crippen LogP contribution >= 0.6 is 0 Å². The summed E-state index contributed by atoms with van der Waals surface area (Å²) in [5.74, 6) is 1.67. The van der Waals surface area contributed by atoms with Gasteiger partial charge in [0.2, 0.25) is 5.88 Å². The fourth-order valence-corrected chi connectivity index (χ4v) is 4.71. The van der Waals surface area contributed by atoms with Gasteiger partial charge < -0.3 is 29.6 Å². The van der Waals surface area contributed by atoms with Crippen LogP contribution in [-0.2, 0) is 16.0 Å². The molecule has 2 amide bonds. The molecule has 2 unspecified atom stereocenters. The van der Waals surface area contributed by atoms with E-state index >= 15 is 0 Å². The highest BCUT2D eigenvalue weighted by molar-refractivity contribution is 5.97. The maximum atomic E-state index is 12.5. The molecule has 0 saturated carbocycles. The first kappa shape index (κ1) is 22.4. The first-order chi connectivity index (χ1) is 17.6. The van der Waals surface area contributed by atoms with Crippen LogP contribution < -0.4 is 29.7 Å². The Morgan fingerprint density at radius 2 is 2.08 bits per heavy atom.